The Morgan fingerprint density at radius 1 is 1.53 bits per heavy atom. The molecule has 5 heteroatoms. The number of aliphatic hydroxyl groups excluding tert-OH is 1. The van der Waals surface area contributed by atoms with E-state index >= 15 is 0 Å². The molecule has 86 valence electrons. The molecule has 0 aromatic heterocycles. The number of nitrogens with zero attached hydrogens (tertiary/aromatic N) is 1. The summed E-state index contributed by atoms with van der Waals surface area (Å²) in [4.78, 5) is 13.8. The first kappa shape index (κ1) is 11.2. The first-order chi connectivity index (χ1) is 7.20. The van der Waals surface area contributed by atoms with Crippen LogP contribution < -0.4 is 5.32 Å². The number of carbonyl (C=O) groups is 1. The van der Waals surface area contributed by atoms with E-state index in [0.717, 1.165) is 18.6 Å². The number of likely N-dealkylation sites (N-methyl/N-ethyl adjacent to an activating group) is 1. The van der Waals surface area contributed by atoms with Gasteiger partial charge in [-0.1, -0.05) is 0 Å². The molecule has 2 aliphatic rings. The van der Waals surface area contributed by atoms with Crippen molar-refractivity contribution in [3.8, 4) is 0 Å². The lowest BCUT2D eigenvalue weighted by molar-refractivity contribution is -0.132. The summed E-state index contributed by atoms with van der Waals surface area (Å²) in [6.07, 6.45) is 1.72. The van der Waals surface area contributed by atoms with E-state index in [1.807, 2.05) is 7.05 Å². The van der Waals surface area contributed by atoms with Crippen LogP contribution in [0.2, 0.25) is 0 Å². The number of carbonyl (C=O) groups excluding carboxylic acids is 1. The third-order valence-electron chi connectivity index (χ3n) is 3.20. The zero-order valence-corrected chi connectivity index (χ0v) is 9.80. The lowest BCUT2D eigenvalue weighted by Crippen LogP contribution is -2.47. The molecule has 1 amide bonds. The smallest absolute Gasteiger partial charge is 0.235 e. The number of nitrogens with one attached hydrogen (secondary N) is 1. The monoisotopic (exact) mass is 230 g/mol. The molecule has 2 heterocycles. The van der Waals surface area contributed by atoms with Gasteiger partial charge < -0.3 is 15.3 Å². The van der Waals surface area contributed by atoms with Crippen molar-refractivity contribution in [3.63, 3.8) is 0 Å². The van der Waals surface area contributed by atoms with Crippen molar-refractivity contribution in [2.45, 2.75) is 30.2 Å². The molecular formula is C10H18N2O2S. The number of hydrogen-bond donors (Lipinski definition) is 2. The maximum atomic E-state index is 12.0. The normalized spacial score (nSPS) is 35.7. The second kappa shape index (κ2) is 4.72. The Balaban J connectivity index is 1.94. The van der Waals surface area contributed by atoms with Crippen LogP contribution in [0.15, 0.2) is 0 Å². The zero-order chi connectivity index (χ0) is 10.8. The van der Waals surface area contributed by atoms with Crippen LogP contribution in [0, 0.1) is 0 Å². The second-order valence-corrected chi connectivity index (χ2v) is 5.55. The lowest BCUT2D eigenvalue weighted by atomic mass is 10.1. The molecule has 0 spiro atoms. The number of β-amino-alcohol motifs (C(OH)–C–C–N with tert-alkyl or cyclic N) is 1. The predicted molar refractivity (Wildman–Crippen MR) is 60.9 cm³/mol. The maximum Gasteiger partial charge on any atom is 0.235 e. The highest BCUT2D eigenvalue weighted by molar-refractivity contribution is 8.00. The van der Waals surface area contributed by atoms with Crippen LogP contribution in [0.25, 0.3) is 0 Å². The summed E-state index contributed by atoms with van der Waals surface area (Å²) in [5, 5.41) is 12.9. The zero-order valence-electron chi connectivity index (χ0n) is 8.98. The van der Waals surface area contributed by atoms with Crippen molar-refractivity contribution in [1.82, 2.24) is 10.2 Å². The summed E-state index contributed by atoms with van der Waals surface area (Å²) < 4.78 is 0. The highest BCUT2D eigenvalue weighted by atomic mass is 32.2. The molecule has 15 heavy (non-hydrogen) atoms. The summed E-state index contributed by atoms with van der Waals surface area (Å²) in [6.45, 7) is 1.31. The maximum absolute atomic E-state index is 12.0. The van der Waals surface area contributed by atoms with Crippen LogP contribution in [0.1, 0.15) is 12.8 Å². The largest absolute Gasteiger partial charge is 0.390 e. The molecule has 1 unspecified atom stereocenters. The fraction of sp³-hybridized carbons (Fsp3) is 0.900. The van der Waals surface area contributed by atoms with Gasteiger partial charge >= 0.3 is 0 Å². The molecule has 2 saturated heterocycles. The minimum absolute atomic E-state index is 0.0429. The van der Waals surface area contributed by atoms with Crippen LogP contribution in [-0.4, -0.2) is 59.2 Å². The number of rotatable bonds is 2. The lowest BCUT2D eigenvalue weighted by Gasteiger charge is -2.28. The molecular weight excluding hydrogens is 212 g/mol. The van der Waals surface area contributed by atoms with Gasteiger partial charge in [-0.2, -0.15) is 0 Å². The fourth-order valence-electron chi connectivity index (χ4n) is 2.21. The molecule has 3 atom stereocenters. The molecule has 2 rings (SSSR count). The number of aliphatic hydroxyl groups is 1. The van der Waals surface area contributed by atoms with Crippen LogP contribution >= 0.6 is 11.8 Å². The quantitative estimate of drug-likeness (QED) is 0.682. The van der Waals surface area contributed by atoms with Crippen LogP contribution in [0.3, 0.4) is 0 Å². The Bertz CT molecular complexity index is 244. The summed E-state index contributed by atoms with van der Waals surface area (Å²) in [6, 6.07) is -0.0429. The van der Waals surface area contributed by atoms with Crippen LogP contribution in [0.5, 0.6) is 0 Å². The van der Waals surface area contributed by atoms with Crippen molar-refractivity contribution in [2.24, 2.45) is 0 Å². The Kier molecular flexibility index (Phi) is 3.53. The van der Waals surface area contributed by atoms with Crippen molar-refractivity contribution in [2.75, 3.05) is 25.9 Å². The summed E-state index contributed by atoms with van der Waals surface area (Å²) in [5.41, 5.74) is 0. The van der Waals surface area contributed by atoms with E-state index in [-0.39, 0.29) is 17.2 Å². The predicted octanol–water partition coefficient (Wildman–Crippen LogP) is -0.327. The molecule has 0 aliphatic carbocycles. The van der Waals surface area contributed by atoms with E-state index < -0.39 is 6.10 Å². The molecule has 2 aliphatic heterocycles. The fourth-order valence-corrected chi connectivity index (χ4v) is 3.47. The number of thioether (sulfide) groups is 1. The topological polar surface area (TPSA) is 52.6 Å². The molecule has 0 bridgehead atoms. The number of hydrogen-bond acceptors (Lipinski definition) is 4. The Hall–Kier alpha value is -0.260. The minimum Gasteiger partial charge on any atom is -0.390 e. The SMILES string of the molecule is CN(C(=O)C1CCCS1)[C@@H]1CNC[C@H]1O. The van der Waals surface area contributed by atoms with Gasteiger partial charge in [0.1, 0.15) is 0 Å². The minimum atomic E-state index is -0.412. The average Bonchev–Trinajstić information content (AvgIpc) is 2.85. The van der Waals surface area contributed by atoms with Crippen molar-refractivity contribution < 1.29 is 9.90 Å². The van der Waals surface area contributed by atoms with E-state index in [4.69, 9.17) is 0 Å². The second-order valence-electron chi connectivity index (χ2n) is 4.24. The molecule has 0 saturated carbocycles. The molecule has 4 nitrogen and oxygen atoms in total. The van der Waals surface area contributed by atoms with Gasteiger partial charge in [0.15, 0.2) is 0 Å². The Labute approximate surface area is 94.4 Å². The van der Waals surface area contributed by atoms with Gasteiger partial charge in [-0.25, -0.2) is 0 Å². The van der Waals surface area contributed by atoms with Gasteiger partial charge in [-0.3, -0.25) is 4.79 Å². The van der Waals surface area contributed by atoms with E-state index in [2.05, 4.69) is 5.32 Å². The Morgan fingerprint density at radius 3 is 2.87 bits per heavy atom. The first-order valence-electron chi connectivity index (χ1n) is 5.47. The van der Waals surface area contributed by atoms with E-state index in [1.54, 1.807) is 16.7 Å². The first-order valence-corrected chi connectivity index (χ1v) is 6.52. The molecule has 0 aromatic carbocycles. The molecule has 0 aromatic rings. The summed E-state index contributed by atoms with van der Waals surface area (Å²) in [7, 11) is 1.81. The molecule has 0 radical (unpaired) electrons. The molecule has 2 N–H and O–H groups in total. The van der Waals surface area contributed by atoms with Crippen molar-refractivity contribution in [3.05, 3.63) is 0 Å². The van der Waals surface area contributed by atoms with Crippen LogP contribution in [-0.2, 0) is 4.79 Å². The highest BCUT2D eigenvalue weighted by Gasteiger charge is 2.35. The standard InChI is InChI=1S/C10H18N2O2S/c1-12(7-5-11-6-8(7)13)10(14)9-3-2-4-15-9/h7-9,11,13H,2-6H2,1H3/t7-,8-,9?/m1/s1. The van der Waals surface area contributed by atoms with E-state index in [9.17, 15) is 9.90 Å². The third-order valence-corrected chi connectivity index (χ3v) is 4.57. The van der Waals surface area contributed by atoms with E-state index in [1.165, 1.54) is 0 Å². The third kappa shape index (κ3) is 2.29. The van der Waals surface area contributed by atoms with E-state index in [0.29, 0.717) is 13.1 Å². The van der Waals surface area contributed by atoms with Gasteiger partial charge in [-0.05, 0) is 18.6 Å². The van der Waals surface area contributed by atoms with Gasteiger partial charge in [0, 0.05) is 20.1 Å². The Morgan fingerprint density at radius 2 is 2.33 bits per heavy atom. The van der Waals surface area contributed by atoms with Gasteiger partial charge in [0.25, 0.3) is 0 Å². The van der Waals surface area contributed by atoms with Crippen molar-refractivity contribution >= 4 is 17.7 Å². The van der Waals surface area contributed by atoms with Gasteiger partial charge in [0.2, 0.25) is 5.91 Å². The van der Waals surface area contributed by atoms with Gasteiger partial charge in [-0.15, -0.1) is 11.8 Å². The highest BCUT2D eigenvalue weighted by Crippen LogP contribution is 2.28. The van der Waals surface area contributed by atoms with Gasteiger partial charge in [0.05, 0.1) is 17.4 Å². The average molecular weight is 230 g/mol. The van der Waals surface area contributed by atoms with Crippen LogP contribution in [0.4, 0.5) is 0 Å². The summed E-state index contributed by atoms with van der Waals surface area (Å²) >= 11 is 1.75. The molecule has 2 fully saturated rings. The summed E-state index contributed by atoms with van der Waals surface area (Å²) in [5.74, 6) is 1.28. The van der Waals surface area contributed by atoms with Crippen molar-refractivity contribution in [1.29, 1.82) is 0 Å². The number of amides is 1.